The maximum Gasteiger partial charge on any atom is 0.307 e. The zero-order valence-corrected chi connectivity index (χ0v) is 14.4. The molecule has 0 radical (unpaired) electrons. The molecule has 5 heteroatoms. The summed E-state index contributed by atoms with van der Waals surface area (Å²) in [6, 6.07) is 9.41. The molecule has 1 amide bonds. The van der Waals surface area contributed by atoms with Crippen LogP contribution in [0, 0.1) is 23.7 Å². The number of carbonyl (C=O) groups excluding carboxylic acids is 1. The highest BCUT2D eigenvalue weighted by atomic mass is 16.4. The van der Waals surface area contributed by atoms with Crippen molar-refractivity contribution in [1.82, 2.24) is 4.90 Å². The number of fused-ring (bicyclic) bond motifs is 2. The van der Waals surface area contributed by atoms with Gasteiger partial charge in [-0.15, -0.1) is 0 Å². The Morgan fingerprint density at radius 1 is 1.16 bits per heavy atom. The minimum Gasteiger partial charge on any atom is -0.481 e. The van der Waals surface area contributed by atoms with Crippen LogP contribution >= 0.6 is 0 Å². The van der Waals surface area contributed by atoms with Crippen molar-refractivity contribution in [1.29, 1.82) is 0 Å². The number of aliphatic hydroxyl groups is 1. The fourth-order valence-electron chi connectivity index (χ4n) is 4.52. The molecule has 2 aliphatic rings. The maximum absolute atomic E-state index is 13.3. The largest absolute Gasteiger partial charge is 0.481 e. The molecule has 2 bridgehead atoms. The molecule has 0 aromatic heterocycles. The molecule has 5 nitrogen and oxygen atoms in total. The van der Waals surface area contributed by atoms with E-state index in [2.05, 4.69) is 0 Å². The minimum absolute atomic E-state index is 0.0122. The van der Waals surface area contributed by atoms with Crippen LogP contribution in [0.5, 0.6) is 0 Å². The molecule has 5 unspecified atom stereocenters. The Hall–Kier alpha value is -2.14. The summed E-state index contributed by atoms with van der Waals surface area (Å²) in [5.41, 5.74) is 0.970. The van der Waals surface area contributed by atoms with Crippen LogP contribution in [-0.2, 0) is 9.59 Å². The Bertz CT molecular complexity index is 657. The van der Waals surface area contributed by atoms with Crippen molar-refractivity contribution < 1.29 is 19.8 Å². The number of hydrogen-bond donors (Lipinski definition) is 2. The van der Waals surface area contributed by atoms with Crippen molar-refractivity contribution in [3.8, 4) is 0 Å². The monoisotopic (exact) mass is 343 g/mol. The standard InChI is InChI=1S/C20H25NO4/c1-2-21(16(10-11-22)13-6-4-3-5-7-13)19(23)17-14-8-9-15(12-14)18(17)20(24)25/h3-9,14-18,22H,2,10-12H2,1H3,(H,24,25). The van der Waals surface area contributed by atoms with Crippen molar-refractivity contribution in [3.05, 3.63) is 48.0 Å². The van der Waals surface area contributed by atoms with Crippen molar-refractivity contribution in [2.45, 2.75) is 25.8 Å². The van der Waals surface area contributed by atoms with Gasteiger partial charge in [-0.25, -0.2) is 0 Å². The Balaban J connectivity index is 1.89. The van der Waals surface area contributed by atoms with Crippen LogP contribution in [0.4, 0.5) is 0 Å². The number of carbonyl (C=O) groups is 2. The second-order valence-corrected chi connectivity index (χ2v) is 6.90. The van der Waals surface area contributed by atoms with Crippen molar-refractivity contribution >= 4 is 11.9 Å². The molecule has 2 N–H and O–H groups in total. The topological polar surface area (TPSA) is 77.8 Å². The molecule has 1 aromatic rings. The number of allylic oxidation sites excluding steroid dienone is 2. The van der Waals surface area contributed by atoms with Crippen LogP contribution in [0.1, 0.15) is 31.4 Å². The summed E-state index contributed by atoms with van der Waals surface area (Å²) in [4.78, 5) is 26.8. The lowest BCUT2D eigenvalue weighted by molar-refractivity contribution is -0.152. The van der Waals surface area contributed by atoms with E-state index < -0.39 is 17.8 Å². The second kappa shape index (κ2) is 7.40. The number of aliphatic hydroxyl groups excluding tert-OH is 1. The number of hydrogen-bond acceptors (Lipinski definition) is 3. The van der Waals surface area contributed by atoms with Gasteiger partial charge in [0, 0.05) is 13.2 Å². The number of benzene rings is 1. The fraction of sp³-hybridized carbons (Fsp3) is 0.500. The van der Waals surface area contributed by atoms with Gasteiger partial charge in [0.1, 0.15) is 0 Å². The number of carboxylic acid groups (broad SMARTS) is 1. The van der Waals surface area contributed by atoms with Crippen LogP contribution < -0.4 is 0 Å². The summed E-state index contributed by atoms with van der Waals surface area (Å²) in [5, 5.41) is 19.1. The van der Waals surface area contributed by atoms with Crippen molar-refractivity contribution in [2.24, 2.45) is 23.7 Å². The summed E-state index contributed by atoms with van der Waals surface area (Å²) in [6.45, 7) is 2.37. The quantitative estimate of drug-likeness (QED) is 0.746. The van der Waals surface area contributed by atoms with Gasteiger partial charge < -0.3 is 15.1 Å². The number of amides is 1. The average molecular weight is 343 g/mol. The van der Waals surface area contributed by atoms with E-state index in [4.69, 9.17) is 0 Å². The summed E-state index contributed by atoms with van der Waals surface area (Å²) >= 11 is 0. The van der Waals surface area contributed by atoms with Crippen molar-refractivity contribution in [2.75, 3.05) is 13.2 Å². The van der Waals surface area contributed by atoms with E-state index in [9.17, 15) is 19.8 Å². The van der Waals surface area contributed by atoms with E-state index in [-0.39, 0.29) is 30.4 Å². The molecule has 2 aliphatic carbocycles. The smallest absolute Gasteiger partial charge is 0.307 e. The molecule has 0 spiro atoms. The third kappa shape index (κ3) is 3.21. The highest BCUT2D eigenvalue weighted by Gasteiger charge is 2.53. The Labute approximate surface area is 148 Å². The van der Waals surface area contributed by atoms with Gasteiger partial charge >= 0.3 is 5.97 Å². The first kappa shape index (κ1) is 17.7. The minimum atomic E-state index is -0.885. The highest BCUT2D eigenvalue weighted by molar-refractivity contribution is 5.87. The Kier molecular flexibility index (Phi) is 5.23. The predicted molar refractivity (Wildman–Crippen MR) is 93.6 cm³/mol. The van der Waals surface area contributed by atoms with E-state index in [1.807, 2.05) is 49.4 Å². The van der Waals surface area contributed by atoms with Crippen LogP contribution in [0.3, 0.4) is 0 Å². The lowest BCUT2D eigenvalue weighted by Gasteiger charge is -2.36. The molecule has 3 rings (SSSR count). The van der Waals surface area contributed by atoms with Crippen molar-refractivity contribution in [3.63, 3.8) is 0 Å². The van der Waals surface area contributed by atoms with E-state index in [0.29, 0.717) is 13.0 Å². The van der Waals surface area contributed by atoms with Gasteiger partial charge in [0.2, 0.25) is 5.91 Å². The molecule has 1 fully saturated rings. The molecule has 1 aromatic carbocycles. The Morgan fingerprint density at radius 2 is 1.80 bits per heavy atom. The van der Waals surface area contributed by atoms with Gasteiger partial charge in [0.15, 0.2) is 0 Å². The van der Waals surface area contributed by atoms with Crippen LogP contribution in [0.25, 0.3) is 0 Å². The number of aliphatic carboxylic acids is 1. The summed E-state index contributed by atoms with van der Waals surface area (Å²) in [7, 11) is 0. The summed E-state index contributed by atoms with van der Waals surface area (Å²) in [5.74, 6) is -2.15. The second-order valence-electron chi connectivity index (χ2n) is 6.90. The third-order valence-corrected chi connectivity index (χ3v) is 5.62. The molecular weight excluding hydrogens is 318 g/mol. The van der Waals surface area contributed by atoms with Gasteiger partial charge in [-0.05, 0) is 37.2 Å². The zero-order chi connectivity index (χ0) is 18.0. The van der Waals surface area contributed by atoms with Gasteiger partial charge in [-0.2, -0.15) is 0 Å². The Morgan fingerprint density at radius 3 is 2.36 bits per heavy atom. The van der Waals surface area contributed by atoms with E-state index in [1.54, 1.807) is 4.90 Å². The van der Waals surface area contributed by atoms with Crippen LogP contribution in [0.15, 0.2) is 42.5 Å². The fourth-order valence-corrected chi connectivity index (χ4v) is 4.52. The first-order valence-corrected chi connectivity index (χ1v) is 8.95. The maximum atomic E-state index is 13.3. The first-order valence-electron chi connectivity index (χ1n) is 8.95. The summed E-state index contributed by atoms with van der Waals surface area (Å²) in [6.07, 6.45) is 5.15. The highest BCUT2D eigenvalue weighted by Crippen LogP contribution is 2.49. The third-order valence-electron chi connectivity index (χ3n) is 5.62. The van der Waals surface area contributed by atoms with Gasteiger partial charge in [0.25, 0.3) is 0 Å². The molecule has 25 heavy (non-hydrogen) atoms. The number of carboxylic acids is 1. The number of nitrogens with zero attached hydrogens (tertiary/aromatic N) is 1. The van der Waals surface area contributed by atoms with E-state index in [1.165, 1.54) is 0 Å². The zero-order valence-electron chi connectivity index (χ0n) is 14.4. The van der Waals surface area contributed by atoms with Gasteiger partial charge in [0.05, 0.1) is 17.9 Å². The average Bonchev–Trinajstić information content (AvgIpc) is 3.23. The lowest BCUT2D eigenvalue weighted by Crippen LogP contribution is -2.44. The van der Waals surface area contributed by atoms with Gasteiger partial charge in [-0.1, -0.05) is 42.5 Å². The molecular formula is C20H25NO4. The van der Waals surface area contributed by atoms with Crippen LogP contribution in [0.2, 0.25) is 0 Å². The first-order chi connectivity index (χ1) is 12.1. The lowest BCUT2D eigenvalue weighted by atomic mass is 9.81. The summed E-state index contributed by atoms with van der Waals surface area (Å²) < 4.78 is 0. The molecule has 0 aliphatic heterocycles. The normalized spacial score (nSPS) is 28.1. The predicted octanol–water partition coefficient (Wildman–Crippen LogP) is 2.48. The SMILES string of the molecule is CCN(C(=O)C1C2C=CC(C2)C1C(=O)O)C(CCO)c1ccccc1. The molecule has 1 saturated carbocycles. The molecule has 0 heterocycles. The molecule has 5 atom stereocenters. The van der Waals surface area contributed by atoms with Gasteiger partial charge in [-0.3, -0.25) is 9.59 Å². The molecule has 0 saturated heterocycles. The van der Waals surface area contributed by atoms with E-state index in [0.717, 1.165) is 12.0 Å². The number of rotatable bonds is 7. The van der Waals surface area contributed by atoms with Crippen LogP contribution in [-0.4, -0.2) is 40.1 Å². The molecule has 134 valence electrons. The van der Waals surface area contributed by atoms with E-state index >= 15 is 0 Å².